The number of hydrogen-bond acceptors (Lipinski definition) is 4. The zero-order valence-electron chi connectivity index (χ0n) is 9.03. The van der Waals surface area contributed by atoms with Crippen LogP contribution in [0.25, 0.3) is 0 Å². The summed E-state index contributed by atoms with van der Waals surface area (Å²) in [4.78, 5) is 16.0. The standard InChI is InChI=1S/C11H10BrN3OS/c1-6-5-17-11(14-6)15-10(16)7-2-3-8(12)9(13)4-7/h2-5H,13H2,1H3,(H,14,15,16). The molecule has 1 heterocycles. The first-order valence-corrected chi connectivity index (χ1v) is 6.52. The molecular weight excluding hydrogens is 302 g/mol. The van der Waals surface area contributed by atoms with Gasteiger partial charge in [0.15, 0.2) is 5.13 Å². The average Bonchev–Trinajstić information content (AvgIpc) is 2.68. The lowest BCUT2D eigenvalue weighted by molar-refractivity contribution is 0.102. The third-order valence-corrected chi connectivity index (χ3v) is 3.70. The van der Waals surface area contributed by atoms with E-state index in [1.165, 1.54) is 11.3 Å². The van der Waals surface area contributed by atoms with Crippen molar-refractivity contribution in [2.75, 3.05) is 11.1 Å². The number of halogens is 1. The number of nitrogens with two attached hydrogens (primary N) is 1. The van der Waals surface area contributed by atoms with Crippen LogP contribution >= 0.6 is 27.3 Å². The molecule has 1 aromatic heterocycles. The molecular formula is C11H10BrN3OS. The van der Waals surface area contributed by atoms with E-state index in [9.17, 15) is 4.79 Å². The van der Waals surface area contributed by atoms with Crippen LogP contribution in [0.1, 0.15) is 16.1 Å². The molecule has 17 heavy (non-hydrogen) atoms. The summed E-state index contributed by atoms with van der Waals surface area (Å²) in [6, 6.07) is 5.08. The van der Waals surface area contributed by atoms with Crippen LogP contribution < -0.4 is 11.1 Å². The molecule has 0 aliphatic heterocycles. The molecule has 2 rings (SSSR count). The summed E-state index contributed by atoms with van der Waals surface area (Å²) in [5.74, 6) is -0.210. The number of anilines is 2. The second-order valence-electron chi connectivity index (χ2n) is 3.48. The van der Waals surface area contributed by atoms with Crippen molar-refractivity contribution < 1.29 is 4.79 Å². The largest absolute Gasteiger partial charge is 0.398 e. The Hall–Kier alpha value is -1.40. The Morgan fingerprint density at radius 1 is 1.53 bits per heavy atom. The van der Waals surface area contributed by atoms with E-state index in [1.54, 1.807) is 18.2 Å². The smallest absolute Gasteiger partial charge is 0.257 e. The van der Waals surface area contributed by atoms with E-state index in [4.69, 9.17) is 5.73 Å². The summed E-state index contributed by atoms with van der Waals surface area (Å²) >= 11 is 4.68. The highest BCUT2D eigenvalue weighted by Crippen LogP contribution is 2.21. The van der Waals surface area contributed by atoms with Gasteiger partial charge in [-0.05, 0) is 41.1 Å². The first kappa shape index (κ1) is 12.1. The lowest BCUT2D eigenvalue weighted by atomic mass is 10.2. The fourth-order valence-corrected chi connectivity index (χ4v) is 2.20. The highest BCUT2D eigenvalue weighted by atomic mass is 79.9. The zero-order chi connectivity index (χ0) is 12.4. The monoisotopic (exact) mass is 311 g/mol. The number of carbonyl (C=O) groups is 1. The fourth-order valence-electron chi connectivity index (χ4n) is 1.27. The van der Waals surface area contributed by atoms with Crippen molar-refractivity contribution in [3.05, 3.63) is 39.3 Å². The van der Waals surface area contributed by atoms with E-state index in [0.717, 1.165) is 10.2 Å². The Morgan fingerprint density at radius 2 is 2.29 bits per heavy atom. The number of rotatable bonds is 2. The number of nitrogen functional groups attached to an aromatic ring is 1. The minimum Gasteiger partial charge on any atom is -0.398 e. The number of carbonyl (C=O) groups excluding carboxylic acids is 1. The summed E-state index contributed by atoms with van der Waals surface area (Å²) in [5.41, 5.74) is 7.65. The highest BCUT2D eigenvalue weighted by molar-refractivity contribution is 9.10. The summed E-state index contributed by atoms with van der Waals surface area (Å²) in [7, 11) is 0. The van der Waals surface area contributed by atoms with Gasteiger partial charge in [-0.2, -0.15) is 0 Å². The Bertz CT molecular complexity index is 568. The van der Waals surface area contributed by atoms with Crippen molar-refractivity contribution in [1.82, 2.24) is 4.98 Å². The molecule has 0 aliphatic rings. The van der Waals surface area contributed by atoms with Gasteiger partial charge in [-0.3, -0.25) is 10.1 Å². The Morgan fingerprint density at radius 3 is 2.88 bits per heavy atom. The first-order chi connectivity index (χ1) is 8.06. The average molecular weight is 312 g/mol. The lowest BCUT2D eigenvalue weighted by Gasteiger charge is -2.03. The van der Waals surface area contributed by atoms with Crippen LogP contribution in [0.5, 0.6) is 0 Å². The third-order valence-electron chi connectivity index (χ3n) is 2.10. The van der Waals surface area contributed by atoms with Crippen LogP contribution in [0, 0.1) is 6.92 Å². The highest BCUT2D eigenvalue weighted by Gasteiger charge is 2.09. The summed E-state index contributed by atoms with van der Waals surface area (Å²) < 4.78 is 0.777. The van der Waals surface area contributed by atoms with E-state index in [1.807, 2.05) is 12.3 Å². The van der Waals surface area contributed by atoms with Crippen molar-refractivity contribution in [3.63, 3.8) is 0 Å². The molecule has 2 aromatic rings. The molecule has 1 amide bonds. The van der Waals surface area contributed by atoms with Crippen LogP contribution in [0.2, 0.25) is 0 Å². The van der Waals surface area contributed by atoms with Gasteiger partial charge < -0.3 is 5.73 Å². The maximum absolute atomic E-state index is 11.9. The third kappa shape index (κ3) is 2.83. The number of nitrogens with one attached hydrogen (secondary N) is 1. The Kier molecular flexibility index (Phi) is 3.44. The molecule has 4 nitrogen and oxygen atoms in total. The molecule has 1 aromatic carbocycles. The second-order valence-corrected chi connectivity index (χ2v) is 5.20. The first-order valence-electron chi connectivity index (χ1n) is 4.85. The number of aromatic nitrogens is 1. The fraction of sp³-hybridized carbons (Fsp3) is 0.0909. The van der Waals surface area contributed by atoms with Crippen molar-refractivity contribution in [1.29, 1.82) is 0 Å². The molecule has 0 fully saturated rings. The van der Waals surface area contributed by atoms with E-state index in [0.29, 0.717) is 16.4 Å². The second kappa shape index (κ2) is 4.85. The Labute approximate surface area is 111 Å². The van der Waals surface area contributed by atoms with Crippen LogP contribution in [-0.2, 0) is 0 Å². The molecule has 0 radical (unpaired) electrons. The lowest BCUT2D eigenvalue weighted by Crippen LogP contribution is -2.12. The van der Waals surface area contributed by atoms with Gasteiger partial charge in [0.2, 0.25) is 0 Å². The number of thiazole rings is 1. The number of amides is 1. The van der Waals surface area contributed by atoms with Crippen molar-refractivity contribution >= 4 is 44.0 Å². The summed E-state index contributed by atoms with van der Waals surface area (Å²) in [6.07, 6.45) is 0. The van der Waals surface area contributed by atoms with Crippen molar-refractivity contribution in [2.45, 2.75) is 6.92 Å². The summed E-state index contributed by atoms with van der Waals surface area (Å²) in [6.45, 7) is 1.88. The van der Waals surface area contributed by atoms with Crippen molar-refractivity contribution in [2.24, 2.45) is 0 Å². The van der Waals surface area contributed by atoms with Gasteiger partial charge in [-0.25, -0.2) is 4.98 Å². The molecule has 0 spiro atoms. The van der Waals surface area contributed by atoms with Gasteiger partial charge in [0.25, 0.3) is 5.91 Å². The number of benzene rings is 1. The Balaban J connectivity index is 2.17. The van der Waals surface area contributed by atoms with E-state index in [-0.39, 0.29) is 5.91 Å². The van der Waals surface area contributed by atoms with Crippen LogP contribution in [0.4, 0.5) is 10.8 Å². The zero-order valence-corrected chi connectivity index (χ0v) is 11.4. The molecule has 0 unspecified atom stereocenters. The molecule has 0 saturated carbocycles. The molecule has 0 saturated heterocycles. The summed E-state index contributed by atoms with van der Waals surface area (Å²) in [5, 5.41) is 5.20. The van der Waals surface area contributed by atoms with Gasteiger partial charge in [0, 0.05) is 21.1 Å². The minimum atomic E-state index is -0.210. The predicted octanol–water partition coefficient (Wildman–Crippen LogP) is 3.05. The minimum absolute atomic E-state index is 0.210. The maximum atomic E-state index is 11.9. The topological polar surface area (TPSA) is 68.0 Å². The van der Waals surface area contributed by atoms with Crippen molar-refractivity contribution in [3.8, 4) is 0 Å². The maximum Gasteiger partial charge on any atom is 0.257 e. The van der Waals surface area contributed by atoms with Gasteiger partial charge in [-0.1, -0.05) is 0 Å². The molecule has 0 bridgehead atoms. The van der Waals surface area contributed by atoms with E-state index < -0.39 is 0 Å². The molecule has 0 aliphatic carbocycles. The van der Waals surface area contributed by atoms with Crippen LogP contribution in [0.3, 0.4) is 0 Å². The molecule has 88 valence electrons. The number of aryl methyl sites for hydroxylation is 1. The predicted molar refractivity (Wildman–Crippen MR) is 73.4 cm³/mol. The quantitative estimate of drug-likeness (QED) is 0.838. The molecule has 0 atom stereocenters. The van der Waals surface area contributed by atoms with Crippen LogP contribution in [-0.4, -0.2) is 10.9 Å². The van der Waals surface area contributed by atoms with Crippen LogP contribution in [0.15, 0.2) is 28.1 Å². The van der Waals surface area contributed by atoms with Gasteiger partial charge in [-0.15, -0.1) is 11.3 Å². The normalized spacial score (nSPS) is 10.2. The SMILES string of the molecule is Cc1csc(NC(=O)c2ccc(Br)c(N)c2)n1. The van der Waals surface area contributed by atoms with E-state index >= 15 is 0 Å². The number of hydrogen-bond donors (Lipinski definition) is 2. The molecule has 6 heteroatoms. The van der Waals surface area contributed by atoms with Gasteiger partial charge in [0.1, 0.15) is 0 Å². The molecule has 3 N–H and O–H groups in total. The number of nitrogens with zero attached hydrogens (tertiary/aromatic N) is 1. The van der Waals surface area contributed by atoms with Gasteiger partial charge in [0.05, 0.1) is 5.69 Å². The van der Waals surface area contributed by atoms with E-state index in [2.05, 4.69) is 26.2 Å². The van der Waals surface area contributed by atoms with Gasteiger partial charge >= 0.3 is 0 Å².